The quantitative estimate of drug-likeness (QED) is 0.847. The lowest BCUT2D eigenvalue weighted by molar-refractivity contribution is -0.0337. The SMILES string of the molecule is O=C(c1cccc(-n2cnnc2)c1)N1CCOC(CC2CCCCC2)C1. The number of rotatable bonds is 4. The summed E-state index contributed by atoms with van der Waals surface area (Å²) >= 11 is 0. The summed E-state index contributed by atoms with van der Waals surface area (Å²) in [6.45, 7) is 2.00. The van der Waals surface area contributed by atoms with Gasteiger partial charge in [0, 0.05) is 24.3 Å². The predicted molar refractivity (Wildman–Crippen MR) is 98.2 cm³/mol. The molecule has 2 fully saturated rings. The van der Waals surface area contributed by atoms with Gasteiger partial charge in [-0.05, 0) is 30.5 Å². The lowest BCUT2D eigenvalue weighted by atomic mass is 9.85. The van der Waals surface area contributed by atoms with E-state index in [4.69, 9.17) is 4.74 Å². The molecule has 138 valence electrons. The van der Waals surface area contributed by atoms with Gasteiger partial charge in [0.05, 0.1) is 12.7 Å². The van der Waals surface area contributed by atoms with Crippen molar-refractivity contribution in [1.82, 2.24) is 19.7 Å². The average Bonchev–Trinajstić information content (AvgIpc) is 3.23. The fourth-order valence-electron chi connectivity index (χ4n) is 4.16. The Balaban J connectivity index is 1.41. The van der Waals surface area contributed by atoms with Crippen molar-refractivity contribution in [2.75, 3.05) is 19.7 Å². The number of carbonyl (C=O) groups is 1. The summed E-state index contributed by atoms with van der Waals surface area (Å²) in [6, 6.07) is 7.63. The van der Waals surface area contributed by atoms with Crippen LogP contribution < -0.4 is 0 Å². The Morgan fingerprint density at radius 1 is 1.15 bits per heavy atom. The number of amides is 1. The largest absolute Gasteiger partial charge is 0.375 e. The van der Waals surface area contributed by atoms with Crippen LogP contribution in [0, 0.1) is 5.92 Å². The van der Waals surface area contributed by atoms with E-state index in [2.05, 4.69) is 10.2 Å². The van der Waals surface area contributed by atoms with Gasteiger partial charge in [-0.2, -0.15) is 0 Å². The zero-order chi connectivity index (χ0) is 17.8. The van der Waals surface area contributed by atoms with Crippen LogP contribution in [0.2, 0.25) is 0 Å². The third kappa shape index (κ3) is 3.96. The number of carbonyl (C=O) groups excluding carboxylic acids is 1. The second-order valence-electron chi connectivity index (χ2n) is 7.40. The van der Waals surface area contributed by atoms with Crippen LogP contribution >= 0.6 is 0 Å². The summed E-state index contributed by atoms with van der Waals surface area (Å²) in [7, 11) is 0. The van der Waals surface area contributed by atoms with Crippen LogP contribution in [0.3, 0.4) is 0 Å². The van der Waals surface area contributed by atoms with Crippen LogP contribution in [0.15, 0.2) is 36.9 Å². The molecule has 6 nitrogen and oxygen atoms in total. The standard InChI is InChI=1S/C20H26N4O2/c25-20(17-7-4-8-18(12-17)24-14-21-22-15-24)23-9-10-26-19(13-23)11-16-5-2-1-3-6-16/h4,7-8,12,14-16,19H,1-3,5-6,9-11,13H2. The van der Waals surface area contributed by atoms with Crippen molar-refractivity contribution in [2.24, 2.45) is 5.92 Å². The molecule has 2 aliphatic rings. The zero-order valence-electron chi connectivity index (χ0n) is 15.1. The Hall–Kier alpha value is -2.21. The van der Waals surface area contributed by atoms with Gasteiger partial charge in [-0.1, -0.05) is 38.2 Å². The van der Waals surface area contributed by atoms with Gasteiger partial charge in [-0.3, -0.25) is 9.36 Å². The van der Waals surface area contributed by atoms with Gasteiger partial charge in [0.15, 0.2) is 0 Å². The minimum Gasteiger partial charge on any atom is -0.375 e. The van der Waals surface area contributed by atoms with Crippen LogP contribution in [-0.2, 0) is 4.74 Å². The molecular weight excluding hydrogens is 328 g/mol. The highest BCUT2D eigenvalue weighted by atomic mass is 16.5. The van der Waals surface area contributed by atoms with Crippen LogP contribution in [0.5, 0.6) is 0 Å². The highest BCUT2D eigenvalue weighted by molar-refractivity contribution is 5.94. The van der Waals surface area contributed by atoms with E-state index < -0.39 is 0 Å². The summed E-state index contributed by atoms with van der Waals surface area (Å²) < 4.78 is 7.77. The summed E-state index contributed by atoms with van der Waals surface area (Å²) in [5.41, 5.74) is 1.60. The molecule has 2 heterocycles. The molecule has 4 rings (SSSR count). The monoisotopic (exact) mass is 354 g/mol. The number of ether oxygens (including phenoxy) is 1. The maximum Gasteiger partial charge on any atom is 0.254 e. The molecule has 1 atom stereocenters. The molecule has 6 heteroatoms. The molecule has 1 aliphatic carbocycles. The third-order valence-electron chi connectivity index (χ3n) is 5.56. The average molecular weight is 354 g/mol. The molecule has 1 aromatic heterocycles. The molecule has 1 aromatic carbocycles. The van der Waals surface area contributed by atoms with Crippen LogP contribution in [-0.4, -0.2) is 51.4 Å². The van der Waals surface area contributed by atoms with Crippen LogP contribution in [0.25, 0.3) is 5.69 Å². The summed E-state index contributed by atoms with van der Waals surface area (Å²) in [5.74, 6) is 0.845. The van der Waals surface area contributed by atoms with Crippen molar-refractivity contribution in [1.29, 1.82) is 0 Å². The molecule has 1 unspecified atom stereocenters. The number of hydrogen-bond donors (Lipinski definition) is 0. The van der Waals surface area contributed by atoms with E-state index in [0.717, 1.165) is 18.0 Å². The summed E-state index contributed by atoms with van der Waals surface area (Å²) in [6.07, 6.45) is 11.2. The topological polar surface area (TPSA) is 60.2 Å². The van der Waals surface area contributed by atoms with Crippen molar-refractivity contribution in [3.63, 3.8) is 0 Å². The van der Waals surface area contributed by atoms with E-state index in [1.165, 1.54) is 32.1 Å². The van der Waals surface area contributed by atoms with E-state index >= 15 is 0 Å². The van der Waals surface area contributed by atoms with Gasteiger partial charge in [0.2, 0.25) is 0 Å². The molecule has 1 amide bonds. The normalized spacial score (nSPS) is 21.7. The van der Waals surface area contributed by atoms with Crippen molar-refractivity contribution in [3.05, 3.63) is 42.5 Å². The number of hydrogen-bond acceptors (Lipinski definition) is 4. The Kier molecular flexibility index (Phi) is 5.29. The van der Waals surface area contributed by atoms with Crippen LogP contribution in [0.1, 0.15) is 48.9 Å². The minimum atomic E-state index is 0.0804. The number of benzene rings is 1. The molecular formula is C20H26N4O2. The molecule has 1 aliphatic heterocycles. The Morgan fingerprint density at radius 2 is 1.96 bits per heavy atom. The highest BCUT2D eigenvalue weighted by Crippen LogP contribution is 2.29. The maximum atomic E-state index is 13.0. The summed E-state index contributed by atoms with van der Waals surface area (Å²) in [5, 5.41) is 7.66. The van der Waals surface area contributed by atoms with E-state index in [0.29, 0.717) is 25.3 Å². The molecule has 0 spiro atoms. The van der Waals surface area contributed by atoms with Gasteiger partial charge in [0.25, 0.3) is 5.91 Å². The highest BCUT2D eigenvalue weighted by Gasteiger charge is 2.27. The number of morpholine rings is 1. The smallest absolute Gasteiger partial charge is 0.254 e. The molecule has 2 aromatic rings. The van der Waals surface area contributed by atoms with E-state index in [1.54, 1.807) is 12.7 Å². The molecule has 0 radical (unpaired) electrons. The first-order valence-corrected chi connectivity index (χ1v) is 9.65. The lowest BCUT2D eigenvalue weighted by Gasteiger charge is -2.35. The van der Waals surface area contributed by atoms with Gasteiger partial charge in [-0.25, -0.2) is 0 Å². The fraction of sp³-hybridized carbons (Fsp3) is 0.550. The third-order valence-corrected chi connectivity index (χ3v) is 5.56. The zero-order valence-corrected chi connectivity index (χ0v) is 15.1. The van der Waals surface area contributed by atoms with E-state index in [-0.39, 0.29) is 12.0 Å². The molecule has 1 saturated heterocycles. The fourth-order valence-corrected chi connectivity index (χ4v) is 4.16. The Labute approximate surface area is 154 Å². The Bertz CT molecular complexity index is 725. The van der Waals surface area contributed by atoms with E-state index in [1.807, 2.05) is 33.7 Å². The molecule has 1 saturated carbocycles. The van der Waals surface area contributed by atoms with Crippen molar-refractivity contribution < 1.29 is 9.53 Å². The van der Waals surface area contributed by atoms with Gasteiger partial charge < -0.3 is 9.64 Å². The summed E-state index contributed by atoms with van der Waals surface area (Å²) in [4.78, 5) is 14.9. The Morgan fingerprint density at radius 3 is 2.77 bits per heavy atom. The first kappa shape index (κ1) is 17.2. The second-order valence-corrected chi connectivity index (χ2v) is 7.40. The van der Waals surface area contributed by atoms with Gasteiger partial charge in [0.1, 0.15) is 12.7 Å². The van der Waals surface area contributed by atoms with Gasteiger partial charge >= 0.3 is 0 Å². The maximum absolute atomic E-state index is 13.0. The number of aromatic nitrogens is 3. The first-order valence-electron chi connectivity index (χ1n) is 9.65. The molecule has 0 N–H and O–H groups in total. The van der Waals surface area contributed by atoms with Crippen molar-refractivity contribution >= 4 is 5.91 Å². The minimum absolute atomic E-state index is 0.0804. The van der Waals surface area contributed by atoms with Crippen molar-refractivity contribution in [2.45, 2.75) is 44.6 Å². The lowest BCUT2D eigenvalue weighted by Crippen LogP contribution is -2.46. The molecule has 0 bridgehead atoms. The van der Waals surface area contributed by atoms with Crippen molar-refractivity contribution in [3.8, 4) is 5.69 Å². The molecule has 26 heavy (non-hydrogen) atoms. The first-order chi connectivity index (χ1) is 12.8. The number of nitrogens with zero attached hydrogens (tertiary/aromatic N) is 4. The van der Waals surface area contributed by atoms with Gasteiger partial charge in [-0.15, -0.1) is 10.2 Å². The van der Waals surface area contributed by atoms with Crippen LogP contribution in [0.4, 0.5) is 0 Å². The van der Waals surface area contributed by atoms with E-state index in [9.17, 15) is 4.79 Å². The second kappa shape index (κ2) is 7.99. The predicted octanol–water partition coefficient (Wildman–Crippen LogP) is 3.08.